The van der Waals surface area contributed by atoms with E-state index in [1.807, 2.05) is 42.7 Å². The highest BCUT2D eigenvalue weighted by Crippen LogP contribution is 2.28. The van der Waals surface area contributed by atoms with Crippen LogP contribution < -0.4 is 0 Å². The molecule has 3 rings (SSSR count). The Morgan fingerprint density at radius 3 is 2.67 bits per heavy atom. The van der Waals surface area contributed by atoms with Crippen LogP contribution in [0.1, 0.15) is 22.8 Å². The summed E-state index contributed by atoms with van der Waals surface area (Å²) in [6.45, 7) is 8.19. The minimum Gasteiger partial charge on any atom is -0.298 e. The fourth-order valence-electron chi connectivity index (χ4n) is 2.73. The Hall–Kier alpha value is -2.73. The van der Waals surface area contributed by atoms with Crippen molar-refractivity contribution in [1.82, 2.24) is 14.8 Å². The van der Waals surface area contributed by atoms with Gasteiger partial charge in [0.15, 0.2) is 16.8 Å². The molecule has 0 N–H and O–H groups in total. The van der Waals surface area contributed by atoms with Crippen LogP contribution in [-0.2, 0) is 6.54 Å². The molecule has 0 bridgehead atoms. The molecule has 6 heteroatoms. The van der Waals surface area contributed by atoms with Crippen LogP contribution in [0.15, 0.2) is 66.3 Å². The molecule has 4 nitrogen and oxygen atoms in total. The largest absolute Gasteiger partial charge is 0.298 e. The van der Waals surface area contributed by atoms with Crippen LogP contribution in [0.3, 0.4) is 0 Å². The van der Waals surface area contributed by atoms with Gasteiger partial charge in [-0.1, -0.05) is 41.6 Å². The molecule has 0 amide bonds. The maximum Gasteiger partial charge on any atom is 0.192 e. The summed E-state index contributed by atoms with van der Waals surface area (Å²) in [5.41, 5.74) is 2.58. The van der Waals surface area contributed by atoms with Gasteiger partial charge in [0.05, 0.1) is 5.25 Å². The zero-order valence-corrected chi connectivity index (χ0v) is 16.0. The average Bonchev–Trinajstić information content (AvgIpc) is 3.04. The molecule has 2 aromatic carbocycles. The summed E-state index contributed by atoms with van der Waals surface area (Å²) in [7, 11) is 0. The van der Waals surface area contributed by atoms with Gasteiger partial charge < -0.3 is 0 Å². The van der Waals surface area contributed by atoms with Gasteiger partial charge in [-0.15, -0.1) is 16.8 Å². The Kier molecular flexibility index (Phi) is 5.86. The second-order valence-corrected chi connectivity index (χ2v) is 7.51. The molecular weight excluding hydrogens is 361 g/mol. The van der Waals surface area contributed by atoms with Crippen LogP contribution in [0.2, 0.25) is 0 Å². The van der Waals surface area contributed by atoms with Crippen LogP contribution in [-0.4, -0.2) is 25.8 Å². The van der Waals surface area contributed by atoms with Gasteiger partial charge in [0.1, 0.15) is 5.82 Å². The first-order valence-corrected chi connectivity index (χ1v) is 9.45. The molecule has 0 fully saturated rings. The molecule has 0 aliphatic heterocycles. The summed E-state index contributed by atoms with van der Waals surface area (Å²) in [5.74, 6) is 0.299. The van der Waals surface area contributed by atoms with Gasteiger partial charge in [-0.25, -0.2) is 4.39 Å². The van der Waals surface area contributed by atoms with Crippen LogP contribution >= 0.6 is 11.8 Å². The number of halogens is 1. The van der Waals surface area contributed by atoms with E-state index in [9.17, 15) is 9.18 Å². The SMILES string of the molecule is C=CCn1c(SC(C)C(=O)c2ccc(F)cc2)nnc1-c1cccc(C)c1. The summed E-state index contributed by atoms with van der Waals surface area (Å²) in [6.07, 6.45) is 1.78. The number of hydrogen-bond acceptors (Lipinski definition) is 4. The van der Waals surface area contributed by atoms with Crippen molar-refractivity contribution in [3.05, 3.63) is 78.1 Å². The molecule has 0 aliphatic carbocycles. The maximum absolute atomic E-state index is 13.1. The number of nitrogens with zero attached hydrogens (tertiary/aromatic N) is 3. The molecular formula is C21H20FN3OS. The third kappa shape index (κ3) is 4.34. The first kappa shape index (κ1) is 19.0. The number of carbonyl (C=O) groups excluding carboxylic acids is 1. The first-order chi connectivity index (χ1) is 13.0. The molecule has 138 valence electrons. The lowest BCUT2D eigenvalue weighted by atomic mass is 10.1. The fourth-order valence-corrected chi connectivity index (χ4v) is 3.66. The molecule has 3 aromatic rings. The van der Waals surface area contributed by atoms with Gasteiger partial charge in [0.25, 0.3) is 0 Å². The minimum absolute atomic E-state index is 0.0785. The van der Waals surface area contributed by atoms with E-state index in [1.165, 1.54) is 36.0 Å². The molecule has 27 heavy (non-hydrogen) atoms. The van der Waals surface area contributed by atoms with Crippen molar-refractivity contribution >= 4 is 17.5 Å². The van der Waals surface area contributed by atoms with Gasteiger partial charge in [-0.2, -0.15) is 0 Å². The van der Waals surface area contributed by atoms with E-state index in [0.717, 1.165) is 17.0 Å². The number of carbonyl (C=O) groups is 1. The highest BCUT2D eigenvalue weighted by atomic mass is 32.2. The van der Waals surface area contributed by atoms with Crippen molar-refractivity contribution in [3.8, 4) is 11.4 Å². The Bertz CT molecular complexity index is 966. The second-order valence-electron chi connectivity index (χ2n) is 6.21. The Balaban J connectivity index is 1.87. The van der Waals surface area contributed by atoms with Gasteiger partial charge >= 0.3 is 0 Å². The molecule has 0 radical (unpaired) electrons. The van der Waals surface area contributed by atoms with E-state index in [-0.39, 0.29) is 16.9 Å². The summed E-state index contributed by atoms with van der Waals surface area (Å²) >= 11 is 1.34. The van der Waals surface area contributed by atoms with Gasteiger partial charge in [0, 0.05) is 17.7 Å². The highest BCUT2D eigenvalue weighted by molar-refractivity contribution is 8.00. The third-order valence-corrected chi connectivity index (χ3v) is 5.17. The topological polar surface area (TPSA) is 47.8 Å². The van der Waals surface area contributed by atoms with E-state index in [4.69, 9.17) is 0 Å². The lowest BCUT2D eigenvalue weighted by Gasteiger charge is -2.12. The second kappa shape index (κ2) is 8.31. The predicted octanol–water partition coefficient (Wildman–Crippen LogP) is 4.94. The molecule has 1 aromatic heterocycles. The van der Waals surface area contributed by atoms with Crippen LogP contribution in [0, 0.1) is 12.7 Å². The molecule has 0 spiro atoms. The average molecular weight is 381 g/mol. The lowest BCUT2D eigenvalue weighted by molar-refractivity contribution is 0.0994. The van der Waals surface area contributed by atoms with Crippen molar-refractivity contribution < 1.29 is 9.18 Å². The number of allylic oxidation sites excluding steroid dienone is 1. The van der Waals surface area contributed by atoms with E-state index < -0.39 is 0 Å². The molecule has 1 atom stereocenters. The maximum atomic E-state index is 13.1. The first-order valence-electron chi connectivity index (χ1n) is 8.57. The predicted molar refractivity (Wildman–Crippen MR) is 106 cm³/mol. The summed E-state index contributed by atoms with van der Waals surface area (Å²) in [5, 5.41) is 8.88. The quantitative estimate of drug-likeness (QED) is 0.330. The lowest BCUT2D eigenvalue weighted by Crippen LogP contribution is -2.15. The number of aromatic nitrogens is 3. The van der Waals surface area contributed by atoms with Crippen molar-refractivity contribution in [3.63, 3.8) is 0 Å². The monoisotopic (exact) mass is 381 g/mol. The number of benzene rings is 2. The van der Waals surface area contributed by atoms with Gasteiger partial charge in [-0.05, 0) is 44.2 Å². The highest BCUT2D eigenvalue weighted by Gasteiger charge is 2.21. The molecule has 0 aliphatic rings. The Morgan fingerprint density at radius 2 is 2.00 bits per heavy atom. The fraction of sp³-hybridized carbons (Fsp3) is 0.190. The minimum atomic E-state index is -0.381. The van der Waals surface area contributed by atoms with E-state index >= 15 is 0 Å². The van der Waals surface area contributed by atoms with E-state index in [1.54, 1.807) is 6.08 Å². The normalized spacial score (nSPS) is 12.0. The molecule has 1 unspecified atom stereocenters. The zero-order valence-electron chi connectivity index (χ0n) is 15.2. The van der Waals surface area contributed by atoms with Gasteiger partial charge in [-0.3, -0.25) is 9.36 Å². The number of aryl methyl sites for hydroxylation is 1. The van der Waals surface area contributed by atoms with Crippen molar-refractivity contribution in [2.24, 2.45) is 0 Å². The van der Waals surface area contributed by atoms with Crippen molar-refractivity contribution in [2.75, 3.05) is 0 Å². The summed E-state index contributed by atoms with van der Waals surface area (Å²) in [6, 6.07) is 13.6. The van der Waals surface area contributed by atoms with Gasteiger partial charge in [0.2, 0.25) is 0 Å². The molecule has 1 heterocycles. The Labute approximate surface area is 162 Å². The smallest absolute Gasteiger partial charge is 0.192 e. The number of Topliss-reactive ketones (excluding diaryl/α,β-unsaturated/α-hetero) is 1. The van der Waals surface area contributed by atoms with Crippen molar-refractivity contribution in [1.29, 1.82) is 0 Å². The van der Waals surface area contributed by atoms with Crippen molar-refractivity contribution in [2.45, 2.75) is 30.8 Å². The molecule has 0 saturated heterocycles. The summed E-state index contributed by atoms with van der Waals surface area (Å²) < 4.78 is 15.0. The molecule has 0 saturated carbocycles. The summed E-state index contributed by atoms with van der Waals surface area (Å²) in [4.78, 5) is 12.6. The van der Waals surface area contributed by atoms with Crippen LogP contribution in [0.25, 0.3) is 11.4 Å². The third-order valence-electron chi connectivity index (χ3n) is 4.08. The van der Waals surface area contributed by atoms with Crippen LogP contribution in [0.4, 0.5) is 4.39 Å². The number of hydrogen-bond donors (Lipinski definition) is 0. The zero-order chi connectivity index (χ0) is 19.4. The number of rotatable bonds is 7. The van der Waals surface area contributed by atoms with E-state index in [0.29, 0.717) is 17.3 Å². The standard InChI is InChI=1S/C21H20FN3OS/c1-4-12-25-20(17-7-5-6-14(2)13-17)23-24-21(25)27-15(3)19(26)16-8-10-18(22)11-9-16/h4-11,13,15H,1,12H2,2-3H3. The number of ketones is 1. The van der Waals surface area contributed by atoms with E-state index in [2.05, 4.69) is 16.8 Å². The number of thioether (sulfide) groups is 1. The van der Waals surface area contributed by atoms with Crippen LogP contribution in [0.5, 0.6) is 0 Å². The Morgan fingerprint density at radius 1 is 1.26 bits per heavy atom.